The Morgan fingerprint density at radius 1 is 1.77 bits per heavy atom. The second-order valence-electron chi connectivity index (χ2n) is 2.22. The van der Waals surface area contributed by atoms with Gasteiger partial charge < -0.3 is 4.74 Å². The predicted molar refractivity (Wildman–Crippen MR) is 45.2 cm³/mol. The van der Waals surface area contributed by atoms with E-state index in [2.05, 4.69) is 9.72 Å². The zero-order chi connectivity index (χ0) is 9.84. The van der Waals surface area contributed by atoms with Crippen LogP contribution in [0, 0.1) is 5.82 Å². The molecular formula is C8H7ClFNO2. The van der Waals surface area contributed by atoms with E-state index in [1.165, 1.54) is 6.20 Å². The monoisotopic (exact) mass is 203 g/mol. The number of carbonyl (C=O) groups excluding carboxylic acids is 1. The van der Waals surface area contributed by atoms with E-state index >= 15 is 0 Å². The second kappa shape index (κ2) is 4.18. The van der Waals surface area contributed by atoms with Gasteiger partial charge >= 0.3 is 5.97 Å². The van der Waals surface area contributed by atoms with Crippen molar-refractivity contribution in [3.05, 3.63) is 28.8 Å². The second-order valence-corrected chi connectivity index (χ2v) is 2.58. The van der Waals surface area contributed by atoms with Gasteiger partial charge in [0.2, 0.25) is 0 Å². The topological polar surface area (TPSA) is 39.2 Å². The van der Waals surface area contributed by atoms with Crippen LogP contribution in [0.1, 0.15) is 17.3 Å². The molecule has 0 saturated carbocycles. The van der Waals surface area contributed by atoms with Crippen LogP contribution in [0.4, 0.5) is 4.39 Å². The lowest BCUT2D eigenvalue weighted by molar-refractivity contribution is 0.0525. The highest BCUT2D eigenvalue weighted by Gasteiger charge is 2.09. The number of ether oxygens (including phenoxy) is 1. The highest BCUT2D eigenvalue weighted by Crippen LogP contribution is 2.12. The van der Waals surface area contributed by atoms with Crippen molar-refractivity contribution in [2.24, 2.45) is 0 Å². The molecule has 0 amide bonds. The molecule has 1 heterocycles. The van der Waals surface area contributed by atoms with Gasteiger partial charge in [0.15, 0.2) is 11.0 Å². The van der Waals surface area contributed by atoms with E-state index in [9.17, 15) is 9.18 Å². The summed E-state index contributed by atoms with van der Waals surface area (Å²) in [6, 6.07) is 0.993. The summed E-state index contributed by atoms with van der Waals surface area (Å²) >= 11 is 5.32. The molecule has 0 aliphatic heterocycles. The first kappa shape index (κ1) is 9.92. The van der Waals surface area contributed by atoms with Crippen LogP contribution in [0.3, 0.4) is 0 Å². The Bertz CT molecular complexity index is 330. The minimum absolute atomic E-state index is 0.0590. The predicted octanol–water partition coefficient (Wildman–Crippen LogP) is 2.05. The smallest absolute Gasteiger partial charge is 0.339 e. The number of esters is 1. The van der Waals surface area contributed by atoms with Crippen molar-refractivity contribution in [2.45, 2.75) is 6.92 Å². The Kier molecular flexibility index (Phi) is 3.19. The van der Waals surface area contributed by atoms with Gasteiger partial charge in [-0.05, 0) is 13.0 Å². The number of carbonyl (C=O) groups is 1. The average Bonchev–Trinajstić information content (AvgIpc) is 2.10. The zero-order valence-electron chi connectivity index (χ0n) is 6.88. The van der Waals surface area contributed by atoms with E-state index in [-0.39, 0.29) is 17.3 Å². The Hall–Kier alpha value is -1.16. The third-order valence-corrected chi connectivity index (χ3v) is 1.59. The summed E-state index contributed by atoms with van der Waals surface area (Å²) in [5, 5.41) is -0.256. The fourth-order valence-corrected chi connectivity index (χ4v) is 0.851. The molecule has 0 aliphatic rings. The maximum absolute atomic E-state index is 12.8. The van der Waals surface area contributed by atoms with Crippen molar-refractivity contribution in [1.82, 2.24) is 4.98 Å². The Morgan fingerprint density at radius 3 is 3.00 bits per heavy atom. The average molecular weight is 204 g/mol. The Balaban J connectivity index is 2.90. The van der Waals surface area contributed by atoms with Crippen LogP contribution in [-0.2, 0) is 4.74 Å². The molecule has 13 heavy (non-hydrogen) atoms. The van der Waals surface area contributed by atoms with E-state index in [0.29, 0.717) is 0 Å². The van der Waals surface area contributed by atoms with E-state index in [4.69, 9.17) is 11.6 Å². The van der Waals surface area contributed by atoms with Gasteiger partial charge in [-0.3, -0.25) is 0 Å². The molecule has 1 rings (SSSR count). The van der Waals surface area contributed by atoms with Crippen molar-refractivity contribution in [2.75, 3.05) is 6.61 Å². The molecule has 0 aromatic carbocycles. The van der Waals surface area contributed by atoms with Gasteiger partial charge in [0.25, 0.3) is 0 Å². The van der Waals surface area contributed by atoms with E-state index in [1.807, 2.05) is 0 Å². The molecule has 0 N–H and O–H groups in total. The van der Waals surface area contributed by atoms with Crippen molar-refractivity contribution in [3.63, 3.8) is 0 Å². The van der Waals surface area contributed by atoms with Crippen molar-refractivity contribution in [3.8, 4) is 0 Å². The van der Waals surface area contributed by atoms with Gasteiger partial charge in [0.1, 0.15) is 0 Å². The lowest BCUT2D eigenvalue weighted by atomic mass is 10.3. The lowest BCUT2D eigenvalue weighted by Crippen LogP contribution is -2.05. The number of aromatic nitrogens is 1. The van der Waals surface area contributed by atoms with Crippen molar-refractivity contribution >= 4 is 17.6 Å². The summed E-state index contributed by atoms with van der Waals surface area (Å²) < 4.78 is 17.4. The third-order valence-electron chi connectivity index (χ3n) is 1.31. The normalized spacial score (nSPS) is 9.77. The van der Waals surface area contributed by atoms with E-state index in [0.717, 1.165) is 6.07 Å². The molecule has 3 nitrogen and oxygen atoms in total. The van der Waals surface area contributed by atoms with Gasteiger partial charge in [-0.15, -0.1) is 0 Å². The van der Waals surface area contributed by atoms with Crippen LogP contribution in [0.15, 0.2) is 12.3 Å². The van der Waals surface area contributed by atoms with E-state index < -0.39 is 11.8 Å². The first-order chi connectivity index (χ1) is 6.15. The molecule has 0 spiro atoms. The molecule has 0 aliphatic carbocycles. The molecule has 0 unspecified atom stereocenters. The number of hydrogen-bond donors (Lipinski definition) is 0. The summed E-state index contributed by atoms with van der Waals surface area (Å²) in [7, 11) is 0. The number of nitrogens with zero attached hydrogens (tertiary/aromatic N) is 1. The minimum atomic E-state index is -0.729. The summed E-state index contributed by atoms with van der Waals surface area (Å²) in [6.45, 7) is 1.90. The fourth-order valence-electron chi connectivity index (χ4n) is 0.747. The highest BCUT2D eigenvalue weighted by molar-refractivity contribution is 6.29. The number of pyridine rings is 1. The lowest BCUT2D eigenvalue weighted by Gasteiger charge is -2.00. The first-order valence-electron chi connectivity index (χ1n) is 3.63. The molecule has 0 bridgehead atoms. The van der Waals surface area contributed by atoms with Gasteiger partial charge in [-0.25, -0.2) is 14.2 Å². The van der Waals surface area contributed by atoms with Crippen molar-refractivity contribution < 1.29 is 13.9 Å². The summed E-state index contributed by atoms with van der Waals surface area (Å²) in [4.78, 5) is 14.5. The van der Waals surface area contributed by atoms with Crippen LogP contribution < -0.4 is 0 Å². The standard InChI is InChI=1S/C8H7ClFNO2/c1-2-13-8(12)5-3-6(10)7(9)11-4-5/h3-4H,2H2,1H3. The maximum atomic E-state index is 12.8. The highest BCUT2D eigenvalue weighted by atomic mass is 35.5. The summed E-state index contributed by atoms with van der Waals surface area (Å²) in [6.07, 6.45) is 1.17. The number of hydrogen-bond acceptors (Lipinski definition) is 3. The van der Waals surface area contributed by atoms with Gasteiger partial charge in [-0.2, -0.15) is 0 Å². The minimum Gasteiger partial charge on any atom is -0.462 e. The molecule has 0 saturated heterocycles. The molecule has 0 radical (unpaired) electrons. The molecule has 0 fully saturated rings. The Morgan fingerprint density at radius 2 is 2.46 bits per heavy atom. The van der Waals surface area contributed by atoms with Gasteiger partial charge in [0.05, 0.1) is 12.2 Å². The Labute approximate surface area is 79.5 Å². The summed E-state index contributed by atoms with van der Waals surface area (Å²) in [5.41, 5.74) is 0.0590. The van der Waals surface area contributed by atoms with Crippen LogP contribution >= 0.6 is 11.6 Å². The third kappa shape index (κ3) is 2.39. The molecule has 0 atom stereocenters. The molecule has 70 valence electrons. The fraction of sp³-hybridized carbons (Fsp3) is 0.250. The summed E-state index contributed by atoms with van der Waals surface area (Å²) in [5.74, 6) is -1.34. The van der Waals surface area contributed by atoms with E-state index in [1.54, 1.807) is 6.92 Å². The quantitative estimate of drug-likeness (QED) is 0.546. The van der Waals surface area contributed by atoms with Crippen LogP contribution in [0.2, 0.25) is 5.15 Å². The first-order valence-corrected chi connectivity index (χ1v) is 4.01. The van der Waals surface area contributed by atoms with Crippen LogP contribution in [0.25, 0.3) is 0 Å². The maximum Gasteiger partial charge on any atom is 0.339 e. The van der Waals surface area contributed by atoms with Gasteiger partial charge in [-0.1, -0.05) is 11.6 Å². The molecule has 1 aromatic heterocycles. The largest absolute Gasteiger partial charge is 0.462 e. The van der Waals surface area contributed by atoms with Crippen LogP contribution in [-0.4, -0.2) is 17.6 Å². The molecule has 5 heteroatoms. The zero-order valence-corrected chi connectivity index (χ0v) is 7.64. The van der Waals surface area contributed by atoms with Crippen LogP contribution in [0.5, 0.6) is 0 Å². The number of halogens is 2. The SMILES string of the molecule is CCOC(=O)c1cnc(Cl)c(F)c1. The molecular weight excluding hydrogens is 197 g/mol. The number of rotatable bonds is 2. The van der Waals surface area contributed by atoms with Crippen molar-refractivity contribution in [1.29, 1.82) is 0 Å². The molecule has 1 aromatic rings. The van der Waals surface area contributed by atoms with Gasteiger partial charge in [0, 0.05) is 6.20 Å².